The molecule has 0 spiro atoms. The minimum atomic E-state index is -0.179. The average Bonchev–Trinajstić information content (AvgIpc) is 2.96. The molecule has 2 aromatic rings. The lowest BCUT2D eigenvalue weighted by atomic mass is 10.0. The highest BCUT2D eigenvalue weighted by Crippen LogP contribution is 2.19. The van der Waals surface area contributed by atoms with Gasteiger partial charge in [-0.15, -0.1) is 0 Å². The van der Waals surface area contributed by atoms with Crippen molar-refractivity contribution in [2.24, 2.45) is 18.7 Å². The van der Waals surface area contributed by atoms with Gasteiger partial charge in [0.1, 0.15) is 24.5 Å². The summed E-state index contributed by atoms with van der Waals surface area (Å²) < 4.78 is 7.18. The topological polar surface area (TPSA) is 95.1 Å². The van der Waals surface area contributed by atoms with E-state index < -0.39 is 0 Å². The quantitative estimate of drug-likeness (QED) is 0.758. The molecule has 7 nitrogen and oxygen atoms in total. The number of rotatable bonds is 8. The molecule has 7 heteroatoms. The van der Waals surface area contributed by atoms with Gasteiger partial charge in [-0.1, -0.05) is 26.0 Å². The Labute approximate surface area is 142 Å². The van der Waals surface area contributed by atoms with Crippen LogP contribution in [0.4, 0.5) is 0 Å². The van der Waals surface area contributed by atoms with Crippen LogP contribution in [-0.2, 0) is 18.3 Å². The lowest BCUT2D eigenvalue weighted by Gasteiger charge is -2.21. The summed E-state index contributed by atoms with van der Waals surface area (Å²) in [6, 6.07) is 7.32. The Bertz CT molecular complexity index is 669. The summed E-state index contributed by atoms with van der Waals surface area (Å²) in [6.45, 7) is 5.00. The Morgan fingerprint density at radius 3 is 2.83 bits per heavy atom. The second kappa shape index (κ2) is 8.44. The first-order chi connectivity index (χ1) is 11.5. The van der Waals surface area contributed by atoms with Crippen molar-refractivity contribution in [3.05, 3.63) is 42.0 Å². The molecular formula is C17H25N5O2. The van der Waals surface area contributed by atoms with Crippen LogP contribution in [0, 0.1) is 5.92 Å². The first kappa shape index (κ1) is 17.9. The third-order valence-electron chi connectivity index (χ3n) is 3.66. The van der Waals surface area contributed by atoms with Crippen molar-refractivity contribution in [3.8, 4) is 5.75 Å². The molecule has 24 heavy (non-hydrogen) atoms. The summed E-state index contributed by atoms with van der Waals surface area (Å²) in [5.74, 6) is 1.61. The molecule has 0 radical (unpaired) electrons. The summed E-state index contributed by atoms with van der Waals surface area (Å²) in [5.41, 5.74) is 6.33. The number of carbonyl (C=O) groups excluding carboxylic acids is 1. The number of nitrogens with two attached hydrogens (primary N) is 1. The molecule has 1 aromatic heterocycles. The molecule has 1 amide bonds. The van der Waals surface area contributed by atoms with Gasteiger partial charge in [0.05, 0.1) is 12.5 Å². The number of nitrogens with one attached hydrogen (secondary N) is 1. The number of ether oxygens (including phenoxy) is 1. The number of hydrogen-bond acceptors (Lipinski definition) is 5. The number of aromatic nitrogens is 3. The monoisotopic (exact) mass is 331 g/mol. The smallest absolute Gasteiger partial charge is 0.225 e. The van der Waals surface area contributed by atoms with Crippen molar-refractivity contribution in [2.45, 2.75) is 26.3 Å². The van der Waals surface area contributed by atoms with E-state index >= 15 is 0 Å². The molecule has 3 N–H and O–H groups in total. The van der Waals surface area contributed by atoms with Crippen LogP contribution in [0.1, 0.15) is 31.3 Å². The van der Waals surface area contributed by atoms with Gasteiger partial charge in [0.25, 0.3) is 0 Å². The Kier molecular flexibility index (Phi) is 6.31. The maximum atomic E-state index is 12.4. The fourth-order valence-electron chi connectivity index (χ4n) is 2.45. The van der Waals surface area contributed by atoms with Crippen LogP contribution in [0.15, 0.2) is 30.6 Å². The molecule has 1 unspecified atom stereocenters. The van der Waals surface area contributed by atoms with Crippen molar-refractivity contribution in [3.63, 3.8) is 0 Å². The van der Waals surface area contributed by atoms with E-state index in [1.54, 1.807) is 4.68 Å². The van der Waals surface area contributed by atoms with Crippen LogP contribution in [0.25, 0.3) is 0 Å². The van der Waals surface area contributed by atoms with Crippen LogP contribution < -0.4 is 15.8 Å². The summed E-state index contributed by atoms with van der Waals surface area (Å²) >= 11 is 0. The number of carbonyl (C=O) groups is 1. The first-order valence-electron chi connectivity index (χ1n) is 8.06. The molecule has 1 atom stereocenters. The van der Waals surface area contributed by atoms with Crippen LogP contribution in [0.3, 0.4) is 0 Å². The van der Waals surface area contributed by atoms with Gasteiger partial charge in [0, 0.05) is 13.6 Å². The Morgan fingerprint density at radius 2 is 2.21 bits per heavy atom. The largest absolute Gasteiger partial charge is 0.492 e. The lowest BCUT2D eigenvalue weighted by molar-refractivity contribution is -0.121. The van der Waals surface area contributed by atoms with Gasteiger partial charge < -0.3 is 15.8 Å². The van der Waals surface area contributed by atoms with E-state index in [0.717, 1.165) is 17.1 Å². The van der Waals surface area contributed by atoms with E-state index in [9.17, 15) is 4.79 Å². The molecular weight excluding hydrogens is 306 g/mol. The van der Waals surface area contributed by atoms with Crippen LogP contribution in [0.2, 0.25) is 0 Å². The number of amides is 1. The number of benzene rings is 1. The van der Waals surface area contributed by atoms with Crippen molar-refractivity contribution in [1.82, 2.24) is 20.1 Å². The number of nitrogens with zero attached hydrogens (tertiary/aromatic N) is 3. The van der Waals surface area contributed by atoms with Crippen LogP contribution >= 0.6 is 0 Å². The molecule has 1 heterocycles. The standard InChI is InChI=1S/C17H25N5O2/c1-12(2)16(17-19-11-20-22(17)3)21-15(23)10-13-5-4-6-14(9-13)24-8-7-18/h4-6,9,11-12,16H,7-8,10,18H2,1-3H3,(H,21,23). The van der Waals surface area contributed by atoms with E-state index in [1.165, 1.54) is 6.33 Å². The first-order valence-corrected chi connectivity index (χ1v) is 8.06. The minimum Gasteiger partial charge on any atom is -0.492 e. The van der Waals surface area contributed by atoms with Crippen LogP contribution in [-0.4, -0.2) is 33.8 Å². The molecule has 0 saturated carbocycles. The molecule has 130 valence electrons. The van der Waals surface area contributed by atoms with E-state index in [4.69, 9.17) is 10.5 Å². The lowest BCUT2D eigenvalue weighted by Crippen LogP contribution is -2.34. The zero-order valence-electron chi connectivity index (χ0n) is 14.4. The normalized spacial score (nSPS) is 12.2. The summed E-state index contributed by atoms with van der Waals surface area (Å²) in [6.07, 6.45) is 1.77. The molecule has 2 rings (SSSR count). The average molecular weight is 331 g/mol. The van der Waals surface area contributed by atoms with E-state index in [1.807, 2.05) is 45.2 Å². The van der Waals surface area contributed by atoms with Crippen molar-refractivity contribution in [1.29, 1.82) is 0 Å². The highest BCUT2D eigenvalue weighted by molar-refractivity contribution is 5.79. The van der Waals surface area contributed by atoms with Crippen LogP contribution in [0.5, 0.6) is 5.75 Å². The van der Waals surface area contributed by atoms with Gasteiger partial charge in [0.2, 0.25) is 5.91 Å². The molecule has 0 bridgehead atoms. The second-order valence-electron chi connectivity index (χ2n) is 5.99. The Balaban J connectivity index is 2.02. The highest BCUT2D eigenvalue weighted by atomic mass is 16.5. The number of aryl methyl sites for hydroxylation is 1. The molecule has 0 fully saturated rings. The van der Waals surface area contributed by atoms with Crippen molar-refractivity contribution >= 4 is 5.91 Å². The SMILES string of the molecule is CC(C)C(NC(=O)Cc1cccc(OCCN)c1)c1ncnn1C. The molecule has 0 saturated heterocycles. The highest BCUT2D eigenvalue weighted by Gasteiger charge is 2.22. The molecule has 0 aliphatic carbocycles. The maximum Gasteiger partial charge on any atom is 0.225 e. The zero-order valence-corrected chi connectivity index (χ0v) is 14.4. The van der Waals surface area contributed by atoms with Gasteiger partial charge in [-0.25, -0.2) is 4.98 Å². The van der Waals surface area contributed by atoms with Gasteiger partial charge in [-0.05, 0) is 23.6 Å². The van der Waals surface area contributed by atoms with E-state index in [-0.39, 0.29) is 24.3 Å². The predicted molar refractivity (Wildman–Crippen MR) is 91.4 cm³/mol. The second-order valence-corrected chi connectivity index (χ2v) is 5.99. The van der Waals surface area contributed by atoms with Gasteiger partial charge in [0.15, 0.2) is 0 Å². The maximum absolute atomic E-state index is 12.4. The fraction of sp³-hybridized carbons (Fsp3) is 0.471. The van der Waals surface area contributed by atoms with E-state index in [2.05, 4.69) is 15.4 Å². The van der Waals surface area contributed by atoms with Crippen molar-refractivity contribution in [2.75, 3.05) is 13.2 Å². The summed E-state index contributed by atoms with van der Waals surface area (Å²) in [7, 11) is 1.82. The minimum absolute atomic E-state index is 0.0623. The zero-order chi connectivity index (χ0) is 17.5. The fourth-order valence-corrected chi connectivity index (χ4v) is 2.45. The molecule has 1 aromatic carbocycles. The number of hydrogen-bond donors (Lipinski definition) is 2. The van der Waals surface area contributed by atoms with Gasteiger partial charge >= 0.3 is 0 Å². The molecule has 0 aliphatic heterocycles. The Hall–Kier alpha value is -2.41. The summed E-state index contributed by atoms with van der Waals surface area (Å²) in [4.78, 5) is 16.7. The third kappa shape index (κ3) is 4.79. The molecule has 0 aliphatic rings. The van der Waals surface area contributed by atoms with E-state index in [0.29, 0.717) is 13.2 Å². The summed E-state index contributed by atoms with van der Waals surface area (Å²) in [5, 5.41) is 7.13. The third-order valence-corrected chi connectivity index (χ3v) is 3.66. The predicted octanol–water partition coefficient (Wildman–Crippen LogP) is 1.21. The van der Waals surface area contributed by atoms with Gasteiger partial charge in [-0.3, -0.25) is 9.48 Å². The van der Waals surface area contributed by atoms with Gasteiger partial charge in [-0.2, -0.15) is 5.10 Å². The Morgan fingerprint density at radius 1 is 1.42 bits per heavy atom. The van der Waals surface area contributed by atoms with Crippen molar-refractivity contribution < 1.29 is 9.53 Å².